The van der Waals surface area contributed by atoms with E-state index in [1.165, 1.54) is 5.56 Å². The Hall–Kier alpha value is -2.07. The number of carbonyl (C=O) groups excluding carboxylic acids is 1. The normalized spacial score (nSPS) is 10.9. The summed E-state index contributed by atoms with van der Waals surface area (Å²) in [6.45, 7) is 11.6. The van der Waals surface area contributed by atoms with Crippen molar-refractivity contribution in [3.05, 3.63) is 71.0 Å². The van der Waals surface area contributed by atoms with E-state index in [-0.39, 0.29) is 0 Å². The topological polar surface area (TPSA) is 66.9 Å². The molecule has 134 valence electrons. The number of hydrogen-bond donors (Lipinski definition) is 3. The number of allylic oxidation sites excluding steroid dienone is 6. The van der Waals surface area contributed by atoms with Crippen molar-refractivity contribution in [1.82, 2.24) is 0 Å². The summed E-state index contributed by atoms with van der Waals surface area (Å²) in [6, 6.07) is 10.3. The van der Waals surface area contributed by atoms with Crippen LogP contribution in [0.2, 0.25) is 0 Å². The van der Waals surface area contributed by atoms with E-state index in [1.54, 1.807) is 13.2 Å². The van der Waals surface area contributed by atoms with Crippen LogP contribution in [0.1, 0.15) is 33.3 Å². The zero-order valence-corrected chi connectivity index (χ0v) is 16.7. The highest BCUT2D eigenvalue weighted by atomic mass is 32.1. The van der Waals surface area contributed by atoms with Crippen molar-refractivity contribution in [2.24, 2.45) is 5.73 Å². The smallest absolute Gasteiger partial charge is 0.106 e. The first-order valence-corrected chi connectivity index (χ1v) is 8.36. The Bertz CT molecular complexity index is 528. The zero-order chi connectivity index (χ0) is 19.5. The molecule has 3 nitrogen and oxygen atoms in total. The summed E-state index contributed by atoms with van der Waals surface area (Å²) < 4.78 is 0. The number of rotatable bonds is 3. The molecule has 4 heteroatoms. The quantitative estimate of drug-likeness (QED) is 0.402. The van der Waals surface area contributed by atoms with Gasteiger partial charge in [-0.15, -0.1) is 0 Å². The predicted octanol–water partition coefficient (Wildman–Crippen LogP) is 5.14. The minimum atomic E-state index is 0.563. The maximum Gasteiger partial charge on any atom is 0.106 e. The molecule has 0 aliphatic carbocycles. The van der Waals surface area contributed by atoms with Gasteiger partial charge < -0.3 is 15.9 Å². The second kappa shape index (κ2) is 19.0. The maximum absolute atomic E-state index is 8.00. The van der Waals surface area contributed by atoms with E-state index in [0.29, 0.717) is 5.71 Å². The van der Waals surface area contributed by atoms with E-state index in [0.717, 1.165) is 16.8 Å². The average molecular weight is 349 g/mol. The van der Waals surface area contributed by atoms with Gasteiger partial charge in [0, 0.05) is 11.4 Å². The molecular weight excluding hydrogens is 316 g/mol. The van der Waals surface area contributed by atoms with Gasteiger partial charge in [-0.1, -0.05) is 48.0 Å². The first-order chi connectivity index (χ1) is 11.4. The molecule has 0 unspecified atom stereocenters. The lowest BCUT2D eigenvalue weighted by Gasteiger charge is -2.04. The molecule has 0 spiro atoms. The summed E-state index contributed by atoms with van der Waals surface area (Å²) in [5, 5.41) is 7.55. The molecule has 3 N–H and O–H groups in total. The highest BCUT2D eigenvalue weighted by molar-refractivity contribution is 7.79. The Kier molecular flexibility index (Phi) is 21.2. The predicted molar refractivity (Wildman–Crippen MR) is 112 cm³/mol. The second-order valence-electron chi connectivity index (χ2n) is 4.74. The maximum atomic E-state index is 8.00. The number of carbonyl (C=O) groups is 1. The summed E-state index contributed by atoms with van der Waals surface area (Å²) in [7, 11) is 0. The Balaban J connectivity index is -0.000000335. The van der Waals surface area contributed by atoms with Crippen LogP contribution in [0.25, 0.3) is 0 Å². The van der Waals surface area contributed by atoms with Crippen molar-refractivity contribution in [1.29, 1.82) is 5.41 Å². The summed E-state index contributed by atoms with van der Waals surface area (Å²) in [5.74, 6) is 0. The Labute approximate surface area is 153 Å². The van der Waals surface area contributed by atoms with Crippen LogP contribution < -0.4 is 5.73 Å². The van der Waals surface area contributed by atoms with Crippen molar-refractivity contribution < 1.29 is 4.79 Å². The van der Waals surface area contributed by atoms with Crippen molar-refractivity contribution in [3.63, 3.8) is 0 Å². The van der Waals surface area contributed by atoms with Crippen LogP contribution in [0.5, 0.6) is 0 Å². The minimum Gasteiger partial charge on any atom is -0.402 e. The van der Waals surface area contributed by atoms with Gasteiger partial charge in [0.1, 0.15) is 6.79 Å². The molecule has 0 saturated heterocycles. The molecular formula is C20H32N2OS. The van der Waals surface area contributed by atoms with Crippen LogP contribution in [-0.2, 0) is 4.79 Å². The molecule has 24 heavy (non-hydrogen) atoms. The fourth-order valence-corrected chi connectivity index (χ4v) is 1.46. The molecule has 0 aromatic heterocycles. The standard InChI is InChI=1S/C11H18N2.C7H8.CH2O.CH4S/c1-5-8(2)11(10(4)13)7-6-9(3)12;1-7-5-3-2-4-6-7;2*1-2/h5-7,13H,12H2,1-4H3;2-6H,1H3;1H2;2H,1H3/b8-5-,9-6-,11-7-,13-10?;;;. The molecule has 0 aliphatic heterocycles. The molecule has 0 amide bonds. The van der Waals surface area contributed by atoms with Crippen molar-refractivity contribution in [2.75, 3.05) is 6.26 Å². The van der Waals surface area contributed by atoms with Crippen LogP contribution in [0.3, 0.4) is 0 Å². The van der Waals surface area contributed by atoms with Crippen molar-refractivity contribution in [2.45, 2.75) is 34.6 Å². The molecule has 1 aromatic rings. The molecule has 0 radical (unpaired) electrons. The van der Waals surface area contributed by atoms with Crippen LogP contribution in [0, 0.1) is 12.3 Å². The van der Waals surface area contributed by atoms with Gasteiger partial charge in [-0.05, 0) is 58.1 Å². The van der Waals surface area contributed by atoms with Gasteiger partial charge in [0.2, 0.25) is 0 Å². The van der Waals surface area contributed by atoms with E-state index < -0.39 is 0 Å². The Morgan fingerprint density at radius 2 is 1.54 bits per heavy atom. The third kappa shape index (κ3) is 16.3. The first-order valence-electron chi connectivity index (χ1n) is 7.46. The number of thiol groups is 1. The monoisotopic (exact) mass is 348 g/mol. The molecule has 1 aromatic carbocycles. The van der Waals surface area contributed by atoms with E-state index >= 15 is 0 Å². The largest absolute Gasteiger partial charge is 0.402 e. The molecule has 0 saturated carbocycles. The number of nitrogens with one attached hydrogen (secondary N) is 1. The summed E-state index contributed by atoms with van der Waals surface area (Å²) >= 11 is 3.53. The summed E-state index contributed by atoms with van der Waals surface area (Å²) in [5.41, 5.74) is 10.2. The van der Waals surface area contributed by atoms with Gasteiger partial charge in [-0.25, -0.2) is 0 Å². The lowest BCUT2D eigenvalue weighted by Crippen LogP contribution is -1.97. The Morgan fingerprint density at radius 1 is 1.08 bits per heavy atom. The van der Waals surface area contributed by atoms with Crippen molar-refractivity contribution >= 4 is 25.1 Å². The third-order valence-electron chi connectivity index (χ3n) is 2.72. The second-order valence-corrected chi connectivity index (χ2v) is 4.74. The fraction of sp³-hybridized carbons (Fsp3) is 0.300. The molecule has 0 fully saturated rings. The number of benzene rings is 1. The van der Waals surface area contributed by atoms with Gasteiger partial charge in [0.05, 0.1) is 0 Å². The highest BCUT2D eigenvalue weighted by Gasteiger charge is 1.99. The zero-order valence-electron chi connectivity index (χ0n) is 15.8. The summed E-state index contributed by atoms with van der Waals surface area (Å²) in [6.07, 6.45) is 7.39. The van der Waals surface area contributed by atoms with Crippen LogP contribution in [0.4, 0.5) is 0 Å². The first kappa shape index (κ1) is 26.8. The number of nitrogens with two attached hydrogens (primary N) is 1. The molecule has 0 heterocycles. The van der Waals surface area contributed by atoms with E-state index in [1.807, 2.05) is 64.0 Å². The van der Waals surface area contributed by atoms with Gasteiger partial charge >= 0.3 is 0 Å². The van der Waals surface area contributed by atoms with Crippen molar-refractivity contribution in [3.8, 4) is 0 Å². The van der Waals surface area contributed by atoms with Gasteiger partial charge in [0.15, 0.2) is 0 Å². The molecule has 1 rings (SSSR count). The molecule has 0 bridgehead atoms. The highest BCUT2D eigenvalue weighted by Crippen LogP contribution is 2.10. The van der Waals surface area contributed by atoms with Gasteiger partial charge in [-0.3, -0.25) is 0 Å². The lowest BCUT2D eigenvalue weighted by atomic mass is 10.0. The number of aryl methyl sites for hydroxylation is 1. The van der Waals surface area contributed by atoms with E-state index in [9.17, 15) is 0 Å². The SMILES string of the molecule is C=O.CS.C\C=C(C)/C(=C/C=C(/C)N)C(C)=N.Cc1ccccc1. The summed E-state index contributed by atoms with van der Waals surface area (Å²) in [4.78, 5) is 8.00. The Morgan fingerprint density at radius 3 is 1.79 bits per heavy atom. The average Bonchev–Trinajstić information content (AvgIpc) is 2.59. The van der Waals surface area contributed by atoms with Crippen LogP contribution in [0.15, 0.2) is 65.4 Å². The molecule has 0 aliphatic rings. The number of hydrogen-bond acceptors (Lipinski definition) is 4. The van der Waals surface area contributed by atoms with E-state index in [2.05, 4.69) is 31.7 Å². The van der Waals surface area contributed by atoms with Crippen LogP contribution in [-0.4, -0.2) is 18.8 Å². The van der Waals surface area contributed by atoms with Gasteiger partial charge in [-0.2, -0.15) is 12.6 Å². The third-order valence-corrected chi connectivity index (χ3v) is 2.72. The van der Waals surface area contributed by atoms with Gasteiger partial charge in [0.25, 0.3) is 0 Å². The lowest BCUT2D eigenvalue weighted by molar-refractivity contribution is -0.0979. The van der Waals surface area contributed by atoms with E-state index in [4.69, 9.17) is 15.9 Å². The fourth-order valence-electron chi connectivity index (χ4n) is 1.46. The minimum absolute atomic E-state index is 0.563. The molecule has 0 atom stereocenters. The van der Waals surface area contributed by atoms with Crippen LogP contribution >= 0.6 is 12.6 Å².